The molecule has 2 nitrogen and oxygen atoms in total. The standard InChI is InChI=1S/C10H14ClNO/c1-8(2)5-7-13-9-4-3-6-12-10(9)11/h3-4,6,8H,5,7H2,1-2H3. The first kappa shape index (κ1) is 10.3. The molecule has 0 N–H and O–H groups in total. The summed E-state index contributed by atoms with van der Waals surface area (Å²) in [7, 11) is 0. The van der Waals surface area contributed by atoms with E-state index in [1.165, 1.54) is 0 Å². The first-order valence-electron chi connectivity index (χ1n) is 4.43. The second-order valence-electron chi connectivity index (χ2n) is 3.32. The second kappa shape index (κ2) is 5.07. The third-order valence-corrected chi connectivity index (χ3v) is 1.96. The lowest BCUT2D eigenvalue weighted by molar-refractivity contribution is 0.288. The molecule has 1 heterocycles. The minimum absolute atomic E-state index is 0.436. The molecule has 0 saturated heterocycles. The number of aromatic nitrogens is 1. The Hall–Kier alpha value is -0.760. The number of rotatable bonds is 4. The van der Waals surface area contributed by atoms with E-state index in [0.29, 0.717) is 23.4 Å². The summed E-state index contributed by atoms with van der Waals surface area (Å²) in [5.74, 6) is 1.32. The van der Waals surface area contributed by atoms with Crippen LogP contribution in [0, 0.1) is 5.92 Å². The van der Waals surface area contributed by atoms with Gasteiger partial charge in [-0.05, 0) is 24.5 Å². The first-order chi connectivity index (χ1) is 6.20. The monoisotopic (exact) mass is 199 g/mol. The van der Waals surface area contributed by atoms with E-state index in [1.807, 2.05) is 12.1 Å². The van der Waals surface area contributed by atoms with Gasteiger partial charge in [0, 0.05) is 6.20 Å². The van der Waals surface area contributed by atoms with Gasteiger partial charge in [0.15, 0.2) is 10.9 Å². The highest BCUT2D eigenvalue weighted by Gasteiger charge is 2.01. The molecule has 0 aliphatic carbocycles. The van der Waals surface area contributed by atoms with Crippen LogP contribution in [0.15, 0.2) is 18.3 Å². The Labute approximate surface area is 83.9 Å². The predicted octanol–water partition coefficient (Wildman–Crippen LogP) is 3.16. The lowest BCUT2D eigenvalue weighted by Gasteiger charge is -2.08. The van der Waals surface area contributed by atoms with Gasteiger partial charge in [-0.3, -0.25) is 0 Å². The Kier molecular flexibility index (Phi) is 4.03. The number of nitrogens with zero attached hydrogens (tertiary/aromatic N) is 1. The van der Waals surface area contributed by atoms with Gasteiger partial charge in [-0.1, -0.05) is 25.4 Å². The van der Waals surface area contributed by atoms with Crippen LogP contribution in [-0.2, 0) is 0 Å². The number of ether oxygens (including phenoxy) is 1. The molecule has 0 aliphatic heterocycles. The molecule has 0 aromatic carbocycles. The molecular weight excluding hydrogens is 186 g/mol. The largest absolute Gasteiger partial charge is 0.490 e. The summed E-state index contributed by atoms with van der Waals surface area (Å²) >= 11 is 5.80. The Morgan fingerprint density at radius 1 is 1.54 bits per heavy atom. The minimum atomic E-state index is 0.436. The SMILES string of the molecule is CC(C)CCOc1cccnc1Cl. The summed E-state index contributed by atoms with van der Waals surface area (Å²) in [6.07, 6.45) is 2.68. The maximum Gasteiger partial charge on any atom is 0.171 e. The van der Waals surface area contributed by atoms with Crippen molar-refractivity contribution in [3.8, 4) is 5.75 Å². The molecule has 3 heteroatoms. The van der Waals surface area contributed by atoms with E-state index in [0.717, 1.165) is 6.42 Å². The van der Waals surface area contributed by atoms with Crippen LogP contribution in [0.2, 0.25) is 5.15 Å². The molecule has 0 amide bonds. The van der Waals surface area contributed by atoms with E-state index < -0.39 is 0 Å². The molecule has 1 aromatic rings. The summed E-state index contributed by atoms with van der Waals surface area (Å²) < 4.78 is 5.45. The van der Waals surface area contributed by atoms with E-state index in [1.54, 1.807) is 6.20 Å². The van der Waals surface area contributed by atoms with E-state index >= 15 is 0 Å². The second-order valence-corrected chi connectivity index (χ2v) is 3.68. The zero-order valence-electron chi connectivity index (χ0n) is 7.96. The molecule has 0 spiro atoms. The summed E-state index contributed by atoms with van der Waals surface area (Å²) in [6.45, 7) is 5.02. The maximum atomic E-state index is 5.80. The van der Waals surface area contributed by atoms with Gasteiger partial charge in [0.2, 0.25) is 0 Å². The zero-order chi connectivity index (χ0) is 9.68. The minimum Gasteiger partial charge on any atom is -0.490 e. The molecule has 1 aromatic heterocycles. The van der Waals surface area contributed by atoms with Crippen LogP contribution >= 0.6 is 11.6 Å². The molecule has 0 fully saturated rings. The van der Waals surface area contributed by atoms with Crippen molar-refractivity contribution in [3.63, 3.8) is 0 Å². The van der Waals surface area contributed by atoms with Gasteiger partial charge in [-0.2, -0.15) is 0 Å². The van der Waals surface area contributed by atoms with Crippen molar-refractivity contribution in [2.75, 3.05) is 6.61 Å². The molecule has 0 atom stereocenters. The molecule has 0 unspecified atom stereocenters. The molecule has 0 bridgehead atoms. The normalized spacial score (nSPS) is 10.5. The lowest BCUT2D eigenvalue weighted by atomic mass is 10.1. The van der Waals surface area contributed by atoms with Crippen LogP contribution < -0.4 is 4.74 Å². The van der Waals surface area contributed by atoms with Crippen molar-refractivity contribution in [1.29, 1.82) is 0 Å². The molecular formula is C10H14ClNO. The fourth-order valence-electron chi connectivity index (χ4n) is 0.884. The van der Waals surface area contributed by atoms with Crippen molar-refractivity contribution in [3.05, 3.63) is 23.5 Å². The quantitative estimate of drug-likeness (QED) is 0.695. The number of hydrogen-bond donors (Lipinski definition) is 0. The summed E-state index contributed by atoms with van der Waals surface area (Å²) in [6, 6.07) is 3.65. The fraction of sp³-hybridized carbons (Fsp3) is 0.500. The van der Waals surface area contributed by atoms with Crippen molar-refractivity contribution in [1.82, 2.24) is 4.98 Å². The summed E-state index contributed by atoms with van der Waals surface area (Å²) in [4.78, 5) is 3.92. The van der Waals surface area contributed by atoms with E-state index in [-0.39, 0.29) is 0 Å². The Bertz CT molecular complexity index is 263. The lowest BCUT2D eigenvalue weighted by Crippen LogP contribution is -2.01. The van der Waals surface area contributed by atoms with Crippen LogP contribution in [0.4, 0.5) is 0 Å². The molecule has 13 heavy (non-hydrogen) atoms. The van der Waals surface area contributed by atoms with E-state index in [4.69, 9.17) is 16.3 Å². The zero-order valence-corrected chi connectivity index (χ0v) is 8.71. The molecule has 72 valence electrons. The fourth-order valence-corrected chi connectivity index (χ4v) is 1.06. The van der Waals surface area contributed by atoms with Crippen molar-refractivity contribution in [2.45, 2.75) is 20.3 Å². The smallest absolute Gasteiger partial charge is 0.171 e. The Morgan fingerprint density at radius 3 is 2.92 bits per heavy atom. The van der Waals surface area contributed by atoms with Crippen molar-refractivity contribution in [2.24, 2.45) is 5.92 Å². The van der Waals surface area contributed by atoms with Gasteiger partial charge in [0.05, 0.1) is 6.61 Å². The van der Waals surface area contributed by atoms with Crippen LogP contribution in [0.5, 0.6) is 5.75 Å². The van der Waals surface area contributed by atoms with Gasteiger partial charge in [0.25, 0.3) is 0 Å². The molecule has 0 aliphatic rings. The number of pyridine rings is 1. The summed E-state index contributed by atoms with van der Waals surface area (Å²) in [5.41, 5.74) is 0. The third-order valence-electron chi connectivity index (χ3n) is 1.68. The van der Waals surface area contributed by atoms with Gasteiger partial charge in [-0.25, -0.2) is 4.98 Å². The topological polar surface area (TPSA) is 22.1 Å². The highest BCUT2D eigenvalue weighted by Crippen LogP contribution is 2.20. The molecule has 0 radical (unpaired) electrons. The summed E-state index contributed by atoms with van der Waals surface area (Å²) in [5, 5.41) is 0.436. The van der Waals surface area contributed by atoms with Crippen molar-refractivity contribution >= 4 is 11.6 Å². The van der Waals surface area contributed by atoms with Crippen molar-refractivity contribution < 1.29 is 4.74 Å². The maximum absolute atomic E-state index is 5.80. The highest BCUT2D eigenvalue weighted by molar-refractivity contribution is 6.30. The molecule has 1 rings (SSSR count). The van der Waals surface area contributed by atoms with Crippen LogP contribution in [0.25, 0.3) is 0 Å². The van der Waals surface area contributed by atoms with E-state index in [9.17, 15) is 0 Å². The Morgan fingerprint density at radius 2 is 2.31 bits per heavy atom. The van der Waals surface area contributed by atoms with Crippen LogP contribution in [0.1, 0.15) is 20.3 Å². The molecule has 0 saturated carbocycles. The van der Waals surface area contributed by atoms with Gasteiger partial charge in [0.1, 0.15) is 0 Å². The average Bonchev–Trinajstić information content (AvgIpc) is 2.08. The van der Waals surface area contributed by atoms with Crippen LogP contribution in [0.3, 0.4) is 0 Å². The van der Waals surface area contributed by atoms with E-state index in [2.05, 4.69) is 18.8 Å². The van der Waals surface area contributed by atoms with Crippen LogP contribution in [-0.4, -0.2) is 11.6 Å². The predicted molar refractivity (Wildman–Crippen MR) is 54.2 cm³/mol. The third kappa shape index (κ3) is 3.64. The van der Waals surface area contributed by atoms with Gasteiger partial charge in [-0.15, -0.1) is 0 Å². The number of hydrogen-bond acceptors (Lipinski definition) is 2. The van der Waals surface area contributed by atoms with Gasteiger partial charge >= 0.3 is 0 Å². The average molecular weight is 200 g/mol. The first-order valence-corrected chi connectivity index (χ1v) is 4.81. The highest BCUT2D eigenvalue weighted by atomic mass is 35.5. The van der Waals surface area contributed by atoms with Gasteiger partial charge < -0.3 is 4.74 Å². The number of halogens is 1. The Balaban J connectivity index is 2.41.